The van der Waals surface area contributed by atoms with E-state index in [0.717, 1.165) is 0 Å². The van der Waals surface area contributed by atoms with Crippen molar-refractivity contribution < 1.29 is 27.8 Å². The highest BCUT2D eigenvalue weighted by atomic mass is 19.4. The van der Waals surface area contributed by atoms with Crippen LogP contribution in [0.15, 0.2) is 18.3 Å². The van der Waals surface area contributed by atoms with Gasteiger partial charge in [-0.05, 0) is 24.5 Å². The topological polar surface area (TPSA) is 71.5 Å². The number of alkyl halides is 3. The predicted octanol–water partition coefficient (Wildman–Crippen LogP) is 2.16. The van der Waals surface area contributed by atoms with Crippen LogP contribution in [0.5, 0.6) is 5.88 Å². The molecule has 0 fully saturated rings. The second kappa shape index (κ2) is 7.98. The molecular weight excluding hydrogens is 301 g/mol. The van der Waals surface area contributed by atoms with Crippen molar-refractivity contribution in [3.63, 3.8) is 0 Å². The average molecular weight is 320 g/mol. The maximum absolute atomic E-state index is 12.2. The van der Waals surface area contributed by atoms with E-state index in [4.69, 9.17) is 0 Å². The first-order valence-electron chi connectivity index (χ1n) is 6.79. The van der Waals surface area contributed by atoms with Gasteiger partial charge in [-0.1, -0.05) is 13.8 Å². The minimum Gasteiger partial charge on any atom is -0.467 e. The van der Waals surface area contributed by atoms with E-state index in [1.54, 1.807) is 0 Å². The number of hydrogen-bond donors (Lipinski definition) is 2. The number of aliphatic hydroxyl groups is 1. The van der Waals surface area contributed by atoms with Crippen molar-refractivity contribution in [1.82, 2.24) is 10.3 Å². The number of carbonyl (C=O) groups is 1. The number of nitrogens with one attached hydrogen (secondary N) is 1. The molecule has 8 heteroatoms. The van der Waals surface area contributed by atoms with E-state index in [2.05, 4.69) is 15.0 Å². The van der Waals surface area contributed by atoms with Crippen molar-refractivity contribution in [2.75, 3.05) is 13.2 Å². The van der Waals surface area contributed by atoms with Crippen LogP contribution in [0.1, 0.15) is 30.6 Å². The summed E-state index contributed by atoms with van der Waals surface area (Å²) in [6.45, 7) is 2.07. The lowest BCUT2D eigenvalue weighted by molar-refractivity contribution is -0.154. The first-order chi connectivity index (χ1) is 10.2. The molecule has 0 saturated carbocycles. The van der Waals surface area contributed by atoms with Crippen LogP contribution in [0.3, 0.4) is 0 Å². The number of amides is 1. The Balaban J connectivity index is 2.80. The number of aliphatic hydroxyl groups excluding tert-OH is 1. The normalized spacial score (nSPS) is 13.0. The van der Waals surface area contributed by atoms with Crippen LogP contribution in [-0.4, -0.2) is 41.4 Å². The molecule has 1 aromatic rings. The van der Waals surface area contributed by atoms with Gasteiger partial charge >= 0.3 is 6.18 Å². The lowest BCUT2D eigenvalue weighted by Gasteiger charge is -2.19. The van der Waals surface area contributed by atoms with E-state index in [1.165, 1.54) is 18.3 Å². The van der Waals surface area contributed by atoms with Gasteiger partial charge in [0.25, 0.3) is 5.91 Å². The minimum atomic E-state index is -4.52. The molecule has 2 N–H and O–H groups in total. The Hall–Kier alpha value is -1.83. The molecule has 1 aromatic heterocycles. The van der Waals surface area contributed by atoms with Crippen LogP contribution < -0.4 is 10.1 Å². The molecule has 0 aliphatic heterocycles. The lowest BCUT2D eigenvalue weighted by atomic mass is 10.0. The lowest BCUT2D eigenvalue weighted by Crippen LogP contribution is -2.38. The van der Waals surface area contributed by atoms with Gasteiger partial charge < -0.3 is 15.2 Å². The molecule has 5 nitrogen and oxygen atoms in total. The first kappa shape index (κ1) is 18.2. The van der Waals surface area contributed by atoms with Crippen LogP contribution in [0.4, 0.5) is 13.2 Å². The maximum atomic E-state index is 12.2. The van der Waals surface area contributed by atoms with Gasteiger partial charge in [-0.2, -0.15) is 13.2 Å². The van der Waals surface area contributed by atoms with Crippen molar-refractivity contribution in [2.24, 2.45) is 5.92 Å². The molecule has 1 rings (SSSR count). The Morgan fingerprint density at radius 2 is 2.14 bits per heavy atom. The summed E-state index contributed by atoms with van der Waals surface area (Å²) >= 11 is 0. The maximum Gasteiger partial charge on any atom is 0.422 e. The zero-order chi connectivity index (χ0) is 16.8. The molecule has 1 amide bonds. The van der Waals surface area contributed by atoms with Crippen molar-refractivity contribution in [3.05, 3.63) is 23.9 Å². The Morgan fingerprint density at radius 1 is 1.45 bits per heavy atom. The summed E-state index contributed by atoms with van der Waals surface area (Å²) in [4.78, 5) is 15.8. The van der Waals surface area contributed by atoms with Gasteiger partial charge in [-0.15, -0.1) is 0 Å². The predicted molar refractivity (Wildman–Crippen MR) is 73.6 cm³/mol. The van der Waals surface area contributed by atoms with Crippen LogP contribution in [0.2, 0.25) is 0 Å². The van der Waals surface area contributed by atoms with E-state index in [9.17, 15) is 23.1 Å². The number of pyridine rings is 1. The molecule has 1 atom stereocenters. The summed E-state index contributed by atoms with van der Waals surface area (Å²) in [5, 5.41) is 11.8. The van der Waals surface area contributed by atoms with Crippen molar-refractivity contribution in [1.29, 1.82) is 0 Å². The van der Waals surface area contributed by atoms with Crippen LogP contribution in [-0.2, 0) is 0 Å². The molecule has 0 saturated heterocycles. The van der Waals surface area contributed by atoms with Gasteiger partial charge in [-0.3, -0.25) is 4.79 Å². The van der Waals surface area contributed by atoms with E-state index in [-0.39, 0.29) is 18.1 Å². The fourth-order valence-electron chi connectivity index (χ4n) is 1.84. The molecule has 22 heavy (non-hydrogen) atoms. The van der Waals surface area contributed by atoms with Gasteiger partial charge in [0.1, 0.15) is 5.56 Å². The quantitative estimate of drug-likeness (QED) is 0.807. The number of ether oxygens (including phenoxy) is 1. The molecule has 0 spiro atoms. The fraction of sp³-hybridized carbons (Fsp3) is 0.571. The Kier molecular flexibility index (Phi) is 6.61. The van der Waals surface area contributed by atoms with E-state index < -0.39 is 30.6 Å². The second-order valence-electron chi connectivity index (χ2n) is 5.24. The highest BCUT2D eigenvalue weighted by molar-refractivity contribution is 5.96. The molecule has 1 heterocycles. The number of halogens is 3. The van der Waals surface area contributed by atoms with Gasteiger partial charge in [0, 0.05) is 6.20 Å². The van der Waals surface area contributed by atoms with E-state index in [1.807, 2.05) is 13.8 Å². The Morgan fingerprint density at radius 3 is 2.68 bits per heavy atom. The summed E-state index contributed by atoms with van der Waals surface area (Å²) in [6, 6.07) is 2.26. The van der Waals surface area contributed by atoms with E-state index >= 15 is 0 Å². The zero-order valence-electron chi connectivity index (χ0n) is 12.4. The third kappa shape index (κ3) is 6.30. The standard InChI is InChI=1S/C14H19F3N2O3/c1-9(2)6-10(7-20)19-12(21)11-4-3-5-18-13(11)22-8-14(15,16)17/h3-5,9-10,20H,6-8H2,1-2H3,(H,19,21). The molecular formula is C14H19F3N2O3. The van der Waals surface area contributed by atoms with Crippen molar-refractivity contribution >= 4 is 5.91 Å². The third-order valence-corrected chi connectivity index (χ3v) is 2.70. The molecule has 0 aliphatic rings. The van der Waals surface area contributed by atoms with Crippen molar-refractivity contribution in [2.45, 2.75) is 32.5 Å². The minimum absolute atomic E-state index is 0.103. The van der Waals surface area contributed by atoms with Crippen LogP contribution in [0, 0.1) is 5.92 Å². The number of carbonyl (C=O) groups excluding carboxylic acids is 1. The SMILES string of the molecule is CC(C)CC(CO)NC(=O)c1cccnc1OCC(F)(F)F. The molecule has 124 valence electrons. The average Bonchev–Trinajstić information content (AvgIpc) is 2.43. The zero-order valence-corrected chi connectivity index (χ0v) is 12.4. The fourth-order valence-corrected chi connectivity index (χ4v) is 1.84. The number of rotatable bonds is 7. The summed E-state index contributed by atoms with van der Waals surface area (Å²) < 4.78 is 41.1. The molecule has 1 unspecified atom stereocenters. The van der Waals surface area contributed by atoms with E-state index in [0.29, 0.717) is 6.42 Å². The monoisotopic (exact) mass is 320 g/mol. The number of hydrogen-bond acceptors (Lipinski definition) is 4. The molecule has 0 aromatic carbocycles. The summed E-state index contributed by atoms with van der Waals surface area (Å²) in [6.07, 6.45) is -2.74. The van der Waals surface area contributed by atoms with Gasteiger partial charge in [0.05, 0.1) is 12.6 Å². The molecule has 0 aliphatic carbocycles. The molecule has 0 radical (unpaired) electrons. The number of aromatic nitrogens is 1. The smallest absolute Gasteiger partial charge is 0.422 e. The largest absolute Gasteiger partial charge is 0.467 e. The Labute approximate surface area is 126 Å². The van der Waals surface area contributed by atoms with Crippen LogP contribution >= 0.6 is 0 Å². The van der Waals surface area contributed by atoms with Gasteiger partial charge in [0.2, 0.25) is 5.88 Å². The molecule has 0 bridgehead atoms. The highest BCUT2D eigenvalue weighted by Crippen LogP contribution is 2.20. The second-order valence-corrected chi connectivity index (χ2v) is 5.24. The highest BCUT2D eigenvalue weighted by Gasteiger charge is 2.29. The van der Waals surface area contributed by atoms with Crippen LogP contribution in [0.25, 0.3) is 0 Å². The van der Waals surface area contributed by atoms with Crippen molar-refractivity contribution in [3.8, 4) is 5.88 Å². The summed E-state index contributed by atoms with van der Waals surface area (Å²) in [5.74, 6) is -0.782. The summed E-state index contributed by atoms with van der Waals surface area (Å²) in [5.41, 5.74) is -0.103. The summed E-state index contributed by atoms with van der Waals surface area (Å²) in [7, 11) is 0. The van der Waals surface area contributed by atoms with Gasteiger partial charge in [-0.25, -0.2) is 4.98 Å². The first-order valence-corrected chi connectivity index (χ1v) is 6.79. The number of nitrogens with zero attached hydrogens (tertiary/aromatic N) is 1. The third-order valence-electron chi connectivity index (χ3n) is 2.70. The van der Waals surface area contributed by atoms with Gasteiger partial charge in [0.15, 0.2) is 6.61 Å². The Bertz CT molecular complexity index is 492.